The minimum absolute atomic E-state index is 0.0823. The number of anilines is 1. The molecule has 0 aromatic heterocycles. The smallest absolute Gasteiger partial charge is 0.351 e. The molecule has 0 saturated carbocycles. The van der Waals surface area contributed by atoms with Gasteiger partial charge in [-0.3, -0.25) is 25.7 Å². The number of hydrazone groups is 1. The Kier molecular flexibility index (Phi) is 5.09. The first-order valence-corrected chi connectivity index (χ1v) is 5.34. The van der Waals surface area contributed by atoms with Crippen LogP contribution in [0.15, 0.2) is 23.3 Å². The normalized spacial score (nSPS) is 10.2. The van der Waals surface area contributed by atoms with Crippen LogP contribution in [0.25, 0.3) is 0 Å². The molecule has 0 amide bonds. The highest BCUT2D eigenvalue weighted by Crippen LogP contribution is 2.28. The van der Waals surface area contributed by atoms with Crippen molar-refractivity contribution in [2.75, 3.05) is 12.0 Å². The van der Waals surface area contributed by atoms with Gasteiger partial charge in [0.2, 0.25) is 0 Å². The van der Waals surface area contributed by atoms with E-state index < -0.39 is 27.2 Å². The van der Waals surface area contributed by atoms with Gasteiger partial charge in [-0.15, -0.1) is 0 Å². The largest absolute Gasteiger partial charge is 0.462 e. The molecular weight excluding hydrogens is 272 g/mol. The molecule has 0 bridgehead atoms. The minimum atomic E-state index is -0.796. The summed E-state index contributed by atoms with van der Waals surface area (Å²) in [4.78, 5) is 30.7. The van der Waals surface area contributed by atoms with Crippen LogP contribution in [-0.2, 0) is 9.53 Å². The lowest BCUT2D eigenvalue weighted by atomic mass is 10.2. The second kappa shape index (κ2) is 6.78. The molecule has 10 heteroatoms. The molecule has 1 aromatic rings. The highest BCUT2D eigenvalue weighted by atomic mass is 16.6. The minimum Gasteiger partial charge on any atom is -0.462 e. The number of nitrogens with zero attached hydrogens (tertiary/aromatic N) is 3. The Bertz CT molecular complexity index is 571. The van der Waals surface area contributed by atoms with Crippen molar-refractivity contribution >= 4 is 29.2 Å². The Balaban J connectivity index is 2.92. The molecule has 1 N–H and O–H groups in total. The number of hydrogen-bond acceptors (Lipinski definition) is 8. The van der Waals surface area contributed by atoms with E-state index in [-0.39, 0.29) is 12.3 Å². The van der Waals surface area contributed by atoms with Crippen molar-refractivity contribution in [2.24, 2.45) is 5.10 Å². The number of benzene rings is 1. The summed E-state index contributed by atoms with van der Waals surface area (Å²) >= 11 is 0. The molecule has 0 unspecified atom stereocenters. The Morgan fingerprint density at radius 3 is 2.65 bits per heavy atom. The molecule has 0 heterocycles. The molecule has 0 aliphatic rings. The first-order chi connectivity index (χ1) is 9.45. The topological polar surface area (TPSA) is 137 Å². The lowest BCUT2D eigenvalue weighted by Crippen LogP contribution is -2.06. The quantitative estimate of drug-likeness (QED) is 0.361. The van der Waals surface area contributed by atoms with Crippen LogP contribution >= 0.6 is 0 Å². The standard InChI is InChI=1S/C10H10N4O6/c1-2-20-10(15)6-11-12-8-4-3-7(13(16)17)5-9(8)14(18)19/h3-6,12H,2H2,1H3. The summed E-state index contributed by atoms with van der Waals surface area (Å²) in [7, 11) is 0. The number of esters is 1. The number of carbonyl (C=O) groups is 1. The second-order valence-electron chi connectivity index (χ2n) is 3.34. The van der Waals surface area contributed by atoms with Gasteiger partial charge in [-0.2, -0.15) is 5.10 Å². The fraction of sp³-hybridized carbons (Fsp3) is 0.200. The molecular formula is C10H10N4O6. The van der Waals surface area contributed by atoms with E-state index in [1.165, 1.54) is 0 Å². The molecule has 0 aliphatic carbocycles. The van der Waals surface area contributed by atoms with Crippen molar-refractivity contribution < 1.29 is 19.4 Å². The van der Waals surface area contributed by atoms with Gasteiger partial charge in [0.15, 0.2) is 0 Å². The van der Waals surface area contributed by atoms with Crippen LogP contribution < -0.4 is 5.43 Å². The summed E-state index contributed by atoms with van der Waals surface area (Å²) in [6.45, 7) is 1.78. The number of nitrogens with one attached hydrogen (secondary N) is 1. The van der Waals surface area contributed by atoms with Gasteiger partial charge in [0.1, 0.15) is 11.9 Å². The average Bonchev–Trinajstić information content (AvgIpc) is 2.38. The molecule has 10 nitrogen and oxygen atoms in total. The van der Waals surface area contributed by atoms with Crippen molar-refractivity contribution in [2.45, 2.75) is 6.92 Å². The van der Waals surface area contributed by atoms with Crippen LogP contribution in [0.5, 0.6) is 0 Å². The van der Waals surface area contributed by atoms with Gasteiger partial charge < -0.3 is 4.74 Å². The maximum Gasteiger partial charge on any atom is 0.351 e. The van der Waals surface area contributed by atoms with E-state index in [4.69, 9.17) is 0 Å². The maximum atomic E-state index is 11.0. The zero-order chi connectivity index (χ0) is 15.1. The molecule has 0 radical (unpaired) electrons. The molecule has 0 saturated heterocycles. The Morgan fingerprint density at radius 1 is 1.40 bits per heavy atom. The molecule has 0 atom stereocenters. The molecule has 0 fully saturated rings. The van der Waals surface area contributed by atoms with Gasteiger partial charge in [-0.1, -0.05) is 0 Å². The molecule has 106 valence electrons. The number of ether oxygens (including phenoxy) is 1. The lowest BCUT2D eigenvalue weighted by Gasteiger charge is -2.01. The Hall–Kier alpha value is -3.04. The van der Waals surface area contributed by atoms with Crippen molar-refractivity contribution in [3.8, 4) is 0 Å². The first-order valence-electron chi connectivity index (χ1n) is 5.34. The van der Waals surface area contributed by atoms with Gasteiger partial charge in [0, 0.05) is 6.07 Å². The number of hydrogen-bond donors (Lipinski definition) is 1. The molecule has 0 spiro atoms. The van der Waals surface area contributed by atoms with Crippen LogP contribution in [0.4, 0.5) is 17.1 Å². The second-order valence-corrected chi connectivity index (χ2v) is 3.34. The van der Waals surface area contributed by atoms with Crippen LogP contribution in [0, 0.1) is 20.2 Å². The molecule has 1 rings (SSSR count). The summed E-state index contributed by atoms with van der Waals surface area (Å²) < 4.78 is 4.56. The van der Waals surface area contributed by atoms with Crippen molar-refractivity contribution in [3.63, 3.8) is 0 Å². The van der Waals surface area contributed by atoms with E-state index in [1.54, 1.807) is 6.92 Å². The predicted molar refractivity (Wildman–Crippen MR) is 68.5 cm³/mol. The highest BCUT2D eigenvalue weighted by Gasteiger charge is 2.19. The van der Waals surface area contributed by atoms with Gasteiger partial charge in [0.05, 0.1) is 22.5 Å². The Morgan fingerprint density at radius 2 is 2.10 bits per heavy atom. The lowest BCUT2D eigenvalue weighted by molar-refractivity contribution is -0.393. The summed E-state index contributed by atoms with van der Waals surface area (Å²) in [5.74, 6) is -0.718. The van der Waals surface area contributed by atoms with E-state index in [2.05, 4.69) is 15.3 Å². The van der Waals surface area contributed by atoms with E-state index >= 15 is 0 Å². The van der Waals surface area contributed by atoms with Crippen molar-refractivity contribution in [1.82, 2.24) is 0 Å². The number of non-ortho nitro benzene ring substituents is 1. The van der Waals surface area contributed by atoms with Gasteiger partial charge >= 0.3 is 11.7 Å². The maximum absolute atomic E-state index is 11.0. The average molecular weight is 282 g/mol. The number of nitro benzene ring substituents is 2. The van der Waals surface area contributed by atoms with Crippen molar-refractivity contribution in [3.05, 3.63) is 38.4 Å². The fourth-order valence-electron chi connectivity index (χ4n) is 1.21. The van der Waals surface area contributed by atoms with Crippen LogP contribution in [0.2, 0.25) is 0 Å². The monoisotopic (exact) mass is 282 g/mol. The SMILES string of the molecule is CCOC(=O)C=NNc1ccc([N+](=O)[O-])cc1[N+](=O)[O-]. The van der Waals surface area contributed by atoms with E-state index in [9.17, 15) is 25.0 Å². The number of carbonyl (C=O) groups excluding carboxylic acids is 1. The van der Waals surface area contributed by atoms with Crippen LogP contribution in [0.3, 0.4) is 0 Å². The van der Waals surface area contributed by atoms with E-state index in [0.29, 0.717) is 0 Å². The first kappa shape index (κ1) is 15.0. The zero-order valence-electron chi connectivity index (χ0n) is 10.3. The third-order valence-electron chi connectivity index (χ3n) is 2.03. The number of nitro groups is 2. The Labute approximate surface area is 112 Å². The van der Waals surface area contributed by atoms with Gasteiger partial charge in [-0.25, -0.2) is 4.79 Å². The van der Waals surface area contributed by atoms with Crippen molar-refractivity contribution in [1.29, 1.82) is 0 Å². The zero-order valence-corrected chi connectivity index (χ0v) is 10.3. The molecule has 0 aliphatic heterocycles. The highest BCUT2D eigenvalue weighted by molar-refractivity contribution is 6.23. The molecule has 1 aromatic carbocycles. The predicted octanol–water partition coefficient (Wildman–Crippen LogP) is 1.46. The van der Waals surface area contributed by atoms with Gasteiger partial charge in [-0.05, 0) is 13.0 Å². The van der Waals surface area contributed by atoms with Crippen LogP contribution in [0.1, 0.15) is 6.92 Å². The summed E-state index contributed by atoms with van der Waals surface area (Å²) in [5.41, 5.74) is 1.22. The van der Waals surface area contributed by atoms with Gasteiger partial charge in [0.25, 0.3) is 5.69 Å². The number of rotatable bonds is 6. The summed E-state index contributed by atoms with van der Waals surface area (Å²) in [6, 6.07) is 3.00. The fourth-order valence-corrected chi connectivity index (χ4v) is 1.21. The summed E-state index contributed by atoms with van der Waals surface area (Å²) in [6.07, 6.45) is 0.800. The molecule has 20 heavy (non-hydrogen) atoms. The third kappa shape index (κ3) is 4.01. The van der Waals surface area contributed by atoms with Crippen LogP contribution in [-0.4, -0.2) is 28.6 Å². The van der Waals surface area contributed by atoms with E-state index in [1.807, 2.05) is 0 Å². The van der Waals surface area contributed by atoms with E-state index in [0.717, 1.165) is 24.4 Å². The third-order valence-corrected chi connectivity index (χ3v) is 2.03. The summed E-state index contributed by atoms with van der Waals surface area (Å²) in [5, 5.41) is 24.8.